The molecule has 0 spiro atoms. The fourth-order valence-corrected chi connectivity index (χ4v) is 2.20. The fourth-order valence-electron chi connectivity index (χ4n) is 2.07. The monoisotopic (exact) mass is 287 g/mol. The van der Waals surface area contributed by atoms with Crippen LogP contribution in [0.15, 0.2) is 36.4 Å². The van der Waals surface area contributed by atoms with Gasteiger partial charge in [-0.15, -0.1) is 0 Å². The molecule has 104 valence electrons. The zero-order valence-electron chi connectivity index (χ0n) is 12.0. The first-order chi connectivity index (χ1) is 9.52. The second-order valence-electron chi connectivity index (χ2n) is 4.84. The van der Waals surface area contributed by atoms with Crippen molar-refractivity contribution in [1.29, 1.82) is 0 Å². The molecule has 0 unspecified atom stereocenters. The van der Waals surface area contributed by atoms with Gasteiger partial charge >= 0.3 is 0 Å². The minimum atomic E-state index is 0.0221. The number of halogens is 1. The van der Waals surface area contributed by atoms with E-state index in [2.05, 4.69) is 11.4 Å². The van der Waals surface area contributed by atoms with E-state index in [0.717, 1.165) is 27.9 Å². The minimum Gasteiger partial charge on any atom is -0.325 e. The van der Waals surface area contributed by atoms with Gasteiger partial charge in [-0.1, -0.05) is 42.8 Å². The van der Waals surface area contributed by atoms with Crippen LogP contribution >= 0.6 is 11.6 Å². The van der Waals surface area contributed by atoms with Crippen LogP contribution in [-0.2, 0) is 4.79 Å². The van der Waals surface area contributed by atoms with Crippen molar-refractivity contribution in [3.63, 3.8) is 0 Å². The highest BCUT2D eigenvalue weighted by atomic mass is 35.5. The van der Waals surface area contributed by atoms with Gasteiger partial charge in [-0.3, -0.25) is 4.79 Å². The number of anilines is 1. The Morgan fingerprint density at radius 3 is 2.35 bits per heavy atom. The zero-order valence-corrected chi connectivity index (χ0v) is 12.7. The molecule has 2 rings (SSSR count). The summed E-state index contributed by atoms with van der Waals surface area (Å²) in [5, 5.41) is 3.72. The van der Waals surface area contributed by atoms with Crippen LogP contribution in [0.3, 0.4) is 0 Å². The van der Waals surface area contributed by atoms with E-state index < -0.39 is 0 Å². The van der Waals surface area contributed by atoms with Gasteiger partial charge in [0.25, 0.3) is 0 Å². The summed E-state index contributed by atoms with van der Waals surface area (Å²) in [5.41, 5.74) is 5.21. The highest BCUT2D eigenvalue weighted by molar-refractivity contribution is 6.30. The van der Waals surface area contributed by atoms with Gasteiger partial charge in [-0.05, 0) is 42.7 Å². The molecule has 0 heterocycles. The topological polar surface area (TPSA) is 29.1 Å². The molecule has 1 amide bonds. The maximum Gasteiger partial charge on any atom is 0.224 e. The molecular formula is C17H18ClNO. The van der Waals surface area contributed by atoms with Crippen LogP contribution in [0.25, 0.3) is 11.1 Å². The standard InChI is InChI=1S/C17H18ClNO/c1-4-16(20)19-17-12(3)11(2)5-10-15(17)13-6-8-14(18)9-7-13/h5-10H,4H2,1-3H3,(H,19,20). The first-order valence-corrected chi connectivity index (χ1v) is 7.06. The first-order valence-electron chi connectivity index (χ1n) is 6.69. The molecule has 0 bridgehead atoms. The van der Waals surface area contributed by atoms with Crippen molar-refractivity contribution in [3.05, 3.63) is 52.5 Å². The smallest absolute Gasteiger partial charge is 0.224 e. The summed E-state index contributed by atoms with van der Waals surface area (Å²) in [4.78, 5) is 11.8. The summed E-state index contributed by atoms with van der Waals surface area (Å²) >= 11 is 5.93. The predicted octanol–water partition coefficient (Wildman–Crippen LogP) is 4.97. The number of rotatable bonds is 3. The number of carbonyl (C=O) groups excluding carboxylic acids is 1. The number of hydrogen-bond donors (Lipinski definition) is 1. The lowest BCUT2D eigenvalue weighted by Gasteiger charge is -2.16. The van der Waals surface area contributed by atoms with E-state index >= 15 is 0 Å². The molecule has 3 heteroatoms. The van der Waals surface area contributed by atoms with Crippen LogP contribution in [0.4, 0.5) is 5.69 Å². The van der Waals surface area contributed by atoms with Crippen molar-refractivity contribution in [2.45, 2.75) is 27.2 Å². The SMILES string of the molecule is CCC(=O)Nc1c(-c2ccc(Cl)cc2)ccc(C)c1C. The molecule has 0 aliphatic heterocycles. The van der Waals surface area contributed by atoms with E-state index in [4.69, 9.17) is 11.6 Å². The Kier molecular flexibility index (Phi) is 4.46. The number of carbonyl (C=O) groups is 1. The highest BCUT2D eigenvalue weighted by Crippen LogP contribution is 2.33. The molecule has 0 aliphatic carbocycles. The van der Waals surface area contributed by atoms with E-state index in [1.54, 1.807) is 0 Å². The number of amides is 1. The molecule has 2 nitrogen and oxygen atoms in total. The van der Waals surface area contributed by atoms with Crippen molar-refractivity contribution in [2.24, 2.45) is 0 Å². The molecule has 1 N–H and O–H groups in total. The molecule has 0 saturated carbocycles. The summed E-state index contributed by atoms with van der Waals surface area (Å²) in [6.45, 7) is 5.92. The van der Waals surface area contributed by atoms with Crippen molar-refractivity contribution >= 4 is 23.2 Å². The molecule has 0 saturated heterocycles. The molecule has 0 aromatic heterocycles. The van der Waals surface area contributed by atoms with Crippen molar-refractivity contribution < 1.29 is 4.79 Å². The molecule has 0 fully saturated rings. The maximum atomic E-state index is 11.8. The lowest BCUT2D eigenvalue weighted by Crippen LogP contribution is -2.12. The van der Waals surface area contributed by atoms with Crippen LogP contribution < -0.4 is 5.32 Å². The fraction of sp³-hybridized carbons (Fsp3) is 0.235. The highest BCUT2D eigenvalue weighted by Gasteiger charge is 2.12. The molecule has 0 atom stereocenters. The Bertz CT molecular complexity index is 632. The zero-order chi connectivity index (χ0) is 14.7. The third-order valence-corrected chi connectivity index (χ3v) is 3.73. The Labute approximate surface area is 124 Å². The second kappa shape index (κ2) is 6.10. The third-order valence-electron chi connectivity index (χ3n) is 3.48. The van der Waals surface area contributed by atoms with Crippen molar-refractivity contribution in [3.8, 4) is 11.1 Å². The lowest BCUT2D eigenvalue weighted by atomic mass is 9.97. The molecule has 0 aliphatic rings. The molecule has 2 aromatic rings. The minimum absolute atomic E-state index is 0.0221. The van der Waals surface area contributed by atoms with Gasteiger partial charge in [-0.25, -0.2) is 0 Å². The van der Waals surface area contributed by atoms with Crippen LogP contribution in [-0.4, -0.2) is 5.91 Å². The van der Waals surface area contributed by atoms with E-state index in [9.17, 15) is 4.79 Å². The Balaban J connectivity index is 2.54. The van der Waals surface area contributed by atoms with E-state index in [0.29, 0.717) is 11.4 Å². The first kappa shape index (κ1) is 14.6. The van der Waals surface area contributed by atoms with Crippen LogP contribution in [0.1, 0.15) is 24.5 Å². The number of nitrogens with one attached hydrogen (secondary N) is 1. The van der Waals surface area contributed by atoms with Crippen LogP contribution in [0, 0.1) is 13.8 Å². The van der Waals surface area contributed by atoms with Gasteiger partial charge in [0, 0.05) is 17.0 Å². The largest absolute Gasteiger partial charge is 0.325 e. The maximum absolute atomic E-state index is 11.8. The molecule has 0 radical (unpaired) electrons. The summed E-state index contributed by atoms with van der Waals surface area (Å²) in [7, 11) is 0. The summed E-state index contributed by atoms with van der Waals surface area (Å²) < 4.78 is 0. The quantitative estimate of drug-likeness (QED) is 0.848. The van der Waals surface area contributed by atoms with Gasteiger partial charge in [0.1, 0.15) is 0 Å². The normalized spacial score (nSPS) is 10.4. The molecule has 2 aromatic carbocycles. The predicted molar refractivity (Wildman–Crippen MR) is 85.3 cm³/mol. The lowest BCUT2D eigenvalue weighted by molar-refractivity contribution is -0.115. The molecule has 20 heavy (non-hydrogen) atoms. The summed E-state index contributed by atoms with van der Waals surface area (Å²) in [6.07, 6.45) is 0.466. The van der Waals surface area contributed by atoms with E-state index in [1.165, 1.54) is 0 Å². The average molecular weight is 288 g/mol. The Morgan fingerprint density at radius 2 is 1.75 bits per heavy atom. The molecular weight excluding hydrogens is 270 g/mol. The van der Waals surface area contributed by atoms with Gasteiger partial charge in [0.15, 0.2) is 0 Å². The van der Waals surface area contributed by atoms with Crippen LogP contribution in [0.2, 0.25) is 5.02 Å². The van der Waals surface area contributed by atoms with Crippen molar-refractivity contribution in [1.82, 2.24) is 0 Å². The number of aryl methyl sites for hydroxylation is 1. The summed E-state index contributed by atoms with van der Waals surface area (Å²) in [5.74, 6) is 0.0221. The Morgan fingerprint density at radius 1 is 1.10 bits per heavy atom. The van der Waals surface area contributed by atoms with Crippen LogP contribution in [0.5, 0.6) is 0 Å². The average Bonchev–Trinajstić information content (AvgIpc) is 2.45. The number of benzene rings is 2. The van der Waals surface area contributed by atoms with Gasteiger partial charge in [0.05, 0.1) is 5.69 Å². The summed E-state index contributed by atoms with van der Waals surface area (Å²) in [6, 6.07) is 11.8. The Hall–Kier alpha value is -1.80. The second-order valence-corrected chi connectivity index (χ2v) is 5.28. The van der Waals surface area contributed by atoms with E-state index in [1.807, 2.05) is 51.1 Å². The van der Waals surface area contributed by atoms with Gasteiger partial charge < -0.3 is 5.32 Å². The van der Waals surface area contributed by atoms with E-state index in [-0.39, 0.29) is 5.91 Å². The van der Waals surface area contributed by atoms with Crippen molar-refractivity contribution in [2.75, 3.05) is 5.32 Å². The third kappa shape index (κ3) is 3.02. The van der Waals surface area contributed by atoms with Gasteiger partial charge in [-0.2, -0.15) is 0 Å². The van der Waals surface area contributed by atoms with Gasteiger partial charge in [0.2, 0.25) is 5.91 Å². The number of hydrogen-bond acceptors (Lipinski definition) is 1.